The smallest absolute Gasteiger partial charge is 0.287 e. The second-order valence-electron chi connectivity index (χ2n) is 6.07. The van der Waals surface area contributed by atoms with Crippen molar-refractivity contribution >= 4 is 16.9 Å². The van der Waals surface area contributed by atoms with Crippen LogP contribution in [0.2, 0.25) is 0 Å². The zero-order chi connectivity index (χ0) is 14.8. The Labute approximate surface area is 124 Å². The maximum absolute atomic E-state index is 12.2. The van der Waals surface area contributed by atoms with Crippen molar-refractivity contribution in [2.45, 2.75) is 38.6 Å². The minimum absolute atomic E-state index is 0.151. The highest BCUT2D eigenvalue weighted by atomic mass is 16.3. The van der Waals surface area contributed by atoms with E-state index in [1.54, 1.807) is 6.07 Å². The molecule has 0 radical (unpaired) electrons. The lowest BCUT2D eigenvalue weighted by molar-refractivity contribution is 0.0916. The molecule has 1 aromatic heterocycles. The zero-order valence-electron chi connectivity index (χ0n) is 12.4. The Morgan fingerprint density at radius 3 is 2.95 bits per heavy atom. The second-order valence-corrected chi connectivity index (χ2v) is 6.07. The SMILES string of the molecule is Cc1ccc2oc(C(=O)NCC3CCCCC3N)cc2c1. The number of fused-ring (bicyclic) bond motifs is 1. The lowest BCUT2D eigenvalue weighted by Crippen LogP contribution is -2.41. The minimum atomic E-state index is -0.151. The average Bonchev–Trinajstić information content (AvgIpc) is 2.89. The van der Waals surface area contributed by atoms with Crippen molar-refractivity contribution in [2.75, 3.05) is 6.54 Å². The minimum Gasteiger partial charge on any atom is -0.451 e. The predicted octanol–water partition coefficient (Wildman–Crippen LogP) is 2.99. The van der Waals surface area contributed by atoms with E-state index in [-0.39, 0.29) is 11.9 Å². The molecule has 4 heteroatoms. The number of furan rings is 1. The predicted molar refractivity (Wildman–Crippen MR) is 83.2 cm³/mol. The first-order valence-corrected chi connectivity index (χ1v) is 7.67. The van der Waals surface area contributed by atoms with E-state index >= 15 is 0 Å². The molecule has 3 N–H and O–H groups in total. The Hall–Kier alpha value is -1.81. The molecule has 0 saturated heterocycles. The summed E-state index contributed by atoms with van der Waals surface area (Å²) >= 11 is 0. The molecule has 21 heavy (non-hydrogen) atoms. The molecule has 1 saturated carbocycles. The van der Waals surface area contributed by atoms with Crippen LogP contribution in [0.5, 0.6) is 0 Å². The Balaban J connectivity index is 1.66. The van der Waals surface area contributed by atoms with Gasteiger partial charge in [0.1, 0.15) is 5.58 Å². The van der Waals surface area contributed by atoms with E-state index in [2.05, 4.69) is 5.32 Å². The van der Waals surface area contributed by atoms with Crippen molar-refractivity contribution in [1.29, 1.82) is 0 Å². The molecule has 4 nitrogen and oxygen atoms in total. The molecule has 2 unspecified atom stereocenters. The lowest BCUT2D eigenvalue weighted by atomic mass is 9.85. The molecule has 1 amide bonds. The molecule has 1 fully saturated rings. The number of nitrogens with two attached hydrogens (primary N) is 1. The van der Waals surface area contributed by atoms with E-state index in [1.165, 1.54) is 12.8 Å². The van der Waals surface area contributed by atoms with E-state index in [0.717, 1.165) is 29.4 Å². The van der Waals surface area contributed by atoms with Crippen molar-refractivity contribution in [3.63, 3.8) is 0 Å². The van der Waals surface area contributed by atoms with Gasteiger partial charge >= 0.3 is 0 Å². The van der Waals surface area contributed by atoms with Crippen LogP contribution in [0.15, 0.2) is 28.7 Å². The van der Waals surface area contributed by atoms with Gasteiger partial charge in [-0.05, 0) is 43.9 Å². The molecule has 1 aliphatic carbocycles. The van der Waals surface area contributed by atoms with E-state index in [0.29, 0.717) is 18.2 Å². The summed E-state index contributed by atoms with van der Waals surface area (Å²) in [4.78, 5) is 12.2. The van der Waals surface area contributed by atoms with E-state index < -0.39 is 0 Å². The van der Waals surface area contributed by atoms with Crippen LogP contribution in [0.3, 0.4) is 0 Å². The Kier molecular flexibility index (Phi) is 3.97. The third-order valence-corrected chi connectivity index (χ3v) is 4.39. The Morgan fingerprint density at radius 1 is 1.33 bits per heavy atom. The molecule has 0 spiro atoms. The van der Waals surface area contributed by atoms with Crippen LogP contribution in [-0.4, -0.2) is 18.5 Å². The van der Waals surface area contributed by atoms with Gasteiger partial charge in [-0.15, -0.1) is 0 Å². The standard InChI is InChI=1S/C17H22N2O2/c1-11-6-7-15-13(8-11)9-16(21-15)17(20)19-10-12-4-2-3-5-14(12)18/h6-9,12,14H,2-5,10,18H2,1H3,(H,19,20). The van der Waals surface area contributed by atoms with Gasteiger partial charge in [-0.2, -0.15) is 0 Å². The molecule has 1 aromatic carbocycles. The highest BCUT2D eigenvalue weighted by Gasteiger charge is 2.23. The summed E-state index contributed by atoms with van der Waals surface area (Å²) in [5.41, 5.74) is 8.01. The number of hydrogen-bond acceptors (Lipinski definition) is 3. The number of rotatable bonds is 3. The van der Waals surface area contributed by atoms with Gasteiger partial charge in [0.15, 0.2) is 5.76 Å². The van der Waals surface area contributed by atoms with Crippen LogP contribution in [0.1, 0.15) is 41.8 Å². The highest BCUT2D eigenvalue weighted by Crippen LogP contribution is 2.23. The summed E-state index contributed by atoms with van der Waals surface area (Å²) in [6.45, 7) is 2.66. The molecule has 2 atom stereocenters. The molecule has 2 aromatic rings. The van der Waals surface area contributed by atoms with Crippen LogP contribution in [0, 0.1) is 12.8 Å². The van der Waals surface area contributed by atoms with Gasteiger partial charge in [-0.3, -0.25) is 4.79 Å². The molecule has 1 heterocycles. The number of nitrogens with one attached hydrogen (secondary N) is 1. The van der Waals surface area contributed by atoms with Crippen LogP contribution < -0.4 is 11.1 Å². The zero-order valence-corrected chi connectivity index (χ0v) is 12.4. The molecular weight excluding hydrogens is 264 g/mol. The highest BCUT2D eigenvalue weighted by molar-refractivity contribution is 5.96. The second kappa shape index (κ2) is 5.90. The van der Waals surface area contributed by atoms with Crippen molar-refractivity contribution in [1.82, 2.24) is 5.32 Å². The van der Waals surface area contributed by atoms with Crippen LogP contribution in [0.4, 0.5) is 0 Å². The maximum atomic E-state index is 12.2. The van der Waals surface area contributed by atoms with E-state index in [9.17, 15) is 4.79 Å². The fourth-order valence-electron chi connectivity index (χ4n) is 3.08. The summed E-state index contributed by atoms with van der Waals surface area (Å²) in [5.74, 6) is 0.607. The van der Waals surface area contributed by atoms with Gasteiger partial charge in [-0.1, -0.05) is 24.5 Å². The van der Waals surface area contributed by atoms with Crippen molar-refractivity contribution in [3.05, 3.63) is 35.6 Å². The maximum Gasteiger partial charge on any atom is 0.287 e. The molecule has 0 aliphatic heterocycles. The Bertz CT molecular complexity index is 647. The summed E-state index contributed by atoms with van der Waals surface area (Å²) in [6, 6.07) is 7.91. The Morgan fingerprint density at radius 2 is 2.14 bits per heavy atom. The van der Waals surface area contributed by atoms with Gasteiger partial charge in [-0.25, -0.2) is 0 Å². The summed E-state index contributed by atoms with van der Waals surface area (Å²) < 4.78 is 5.61. The fourth-order valence-corrected chi connectivity index (χ4v) is 3.08. The first-order valence-electron chi connectivity index (χ1n) is 7.67. The van der Waals surface area contributed by atoms with Gasteiger partial charge in [0.05, 0.1) is 0 Å². The van der Waals surface area contributed by atoms with Crippen molar-refractivity contribution < 1.29 is 9.21 Å². The van der Waals surface area contributed by atoms with E-state index in [4.69, 9.17) is 10.2 Å². The topological polar surface area (TPSA) is 68.3 Å². The van der Waals surface area contributed by atoms with Crippen molar-refractivity contribution in [3.8, 4) is 0 Å². The summed E-state index contributed by atoms with van der Waals surface area (Å²) in [6.07, 6.45) is 4.57. The number of amides is 1. The van der Waals surface area contributed by atoms with Crippen LogP contribution in [-0.2, 0) is 0 Å². The number of aryl methyl sites for hydroxylation is 1. The normalized spacial score (nSPS) is 22.4. The number of benzene rings is 1. The fraction of sp³-hybridized carbons (Fsp3) is 0.471. The third kappa shape index (κ3) is 3.10. The first-order chi connectivity index (χ1) is 10.1. The molecule has 1 aliphatic rings. The number of hydrogen-bond donors (Lipinski definition) is 2. The largest absolute Gasteiger partial charge is 0.451 e. The monoisotopic (exact) mass is 286 g/mol. The van der Waals surface area contributed by atoms with Gasteiger partial charge < -0.3 is 15.5 Å². The van der Waals surface area contributed by atoms with Gasteiger partial charge in [0.25, 0.3) is 5.91 Å². The molecule has 112 valence electrons. The molecule has 0 bridgehead atoms. The van der Waals surface area contributed by atoms with Crippen LogP contribution in [0.25, 0.3) is 11.0 Å². The lowest BCUT2D eigenvalue weighted by Gasteiger charge is -2.28. The first kappa shape index (κ1) is 14.1. The summed E-state index contributed by atoms with van der Waals surface area (Å²) in [5, 5.41) is 3.93. The van der Waals surface area contributed by atoms with Crippen molar-refractivity contribution in [2.24, 2.45) is 11.7 Å². The average molecular weight is 286 g/mol. The quantitative estimate of drug-likeness (QED) is 0.911. The van der Waals surface area contributed by atoms with Gasteiger partial charge in [0.2, 0.25) is 0 Å². The number of carbonyl (C=O) groups excluding carboxylic acids is 1. The molecular formula is C17H22N2O2. The van der Waals surface area contributed by atoms with Gasteiger partial charge in [0, 0.05) is 18.0 Å². The van der Waals surface area contributed by atoms with Crippen LogP contribution >= 0.6 is 0 Å². The third-order valence-electron chi connectivity index (χ3n) is 4.39. The summed E-state index contributed by atoms with van der Waals surface area (Å²) in [7, 11) is 0. The van der Waals surface area contributed by atoms with E-state index in [1.807, 2.05) is 25.1 Å². The molecule has 3 rings (SSSR count). The number of carbonyl (C=O) groups is 1.